The van der Waals surface area contributed by atoms with Gasteiger partial charge in [0.15, 0.2) is 0 Å². The summed E-state index contributed by atoms with van der Waals surface area (Å²) in [5, 5.41) is 9.82. The number of nitrogens with zero attached hydrogens (tertiary/aromatic N) is 1. The fourth-order valence-electron chi connectivity index (χ4n) is 2.32. The maximum atomic E-state index is 11.2. The Labute approximate surface area is 110 Å². The summed E-state index contributed by atoms with van der Waals surface area (Å²) >= 11 is 0. The molecule has 0 aromatic rings. The molecule has 2 atom stereocenters. The lowest BCUT2D eigenvalue weighted by Crippen LogP contribution is -2.49. The van der Waals surface area contributed by atoms with Crippen LogP contribution in [0.1, 0.15) is 25.7 Å². The fourth-order valence-corrected chi connectivity index (χ4v) is 3.12. The molecule has 0 spiro atoms. The van der Waals surface area contributed by atoms with Crippen molar-refractivity contribution in [2.45, 2.75) is 37.8 Å². The normalized spacial score (nSPS) is 23.8. The summed E-state index contributed by atoms with van der Waals surface area (Å²) in [6.07, 6.45) is 5.97. The first-order valence-electron chi connectivity index (χ1n) is 6.39. The fraction of sp³-hybridized carbons (Fsp3) is 0.833. The summed E-state index contributed by atoms with van der Waals surface area (Å²) in [6.45, 7) is 5.84. The van der Waals surface area contributed by atoms with Crippen molar-refractivity contribution in [2.75, 3.05) is 25.9 Å². The van der Waals surface area contributed by atoms with Crippen LogP contribution >= 0.6 is 0 Å². The average Bonchev–Trinajstić information content (AvgIpc) is 2.24. The molecule has 0 aliphatic carbocycles. The molecule has 1 aliphatic rings. The van der Waals surface area contributed by atoms with Crippen molar-refractivity contribution in [3.05, 3.63) is 12.7 Å². The smallest absolute Gasteiger partial charge is 0.208 e. The van der Waals surface area contributed by atoms with Crippen LogP contribution in [-0.4, -0.2) is 56.5 Å². The molecule has 18 heavy (non-hydrogen) atoms. The van der Waals surface area contributed by atoms with Crippen LogP contribution in [-0.2, 0) is 10.0 Å². The number of rotatable bonds is 7. The van der Waals surface area contributed by atoms with Crippen molar-refractivity contribution in [2.24, 2.45) is 0 Å². The van der Waals surface area contributed by atoms with Gasteiger partial charge in [0.2, 0.25) is 10.0 Å². The van der Waals surface area contributed by atoms with Crippen LogP contribution in [0, 0.1) is 0 Å². The molecular weight excluding hydrogens is 252 g/mol. The van der Waals surface area contributed by atoms with Crippen molar-refractivity contribution < 1.29 is 13.5 Å². The summed E-state index contributed by atoms with van der Waals surface area (Å²) in [7, 11) is -3.14. The van der Waals surface area contributed by atoms with Crippen molar-refractivity contribution in [1.82, 2.24) is 9.62 Å². The third-order valence-electron chi connectivity index (χ3n) is 3.06. The van der Waals surface area contributed by atoms with Gasteiger partial charge in [-0.05, 0) is 32.2 Å². The van der Waals surface area contributed by atoms with Gasteiger partial charge in [-0.25, -0.2) is 13.1 Å². The highest BCUT2D eigenvalue weighted by Crippen LogP contribution is 2.12. The van der Waals surface area contributed by atoms with Crippen LogP contribution in [0.4, 0.5) is 0 Å². The van der Waals surface area contributed by atoms with E-state index in [-0.39, 0.29) is 12.1 Å². The predicted octanol–water partition coefficient (Wildman–Crippen LogP) is 0.327. The molecule has 2 N–H and O–H groups in total. The van der Waals surface area contributed by atoms with E-state index in [4.69, 9.17) is 0 Å². The van der Waals surface area contributed by atoms with Crippen LogP contribution in [0.5, 0.6) is 0 Å². The van der Waals surface area contributed by atoms with Crippen molar-refractivity contribution in [1.29, 1.82) is 0 Å². The van der Waals surface area contributed by atoms with Crippen molar-refractivity contribution >= 4 is 10.0 Å². The Morgan fingerprint density at radius 3 is 2.94 bits per heavy atom. The molecule has 1 fully saturated rings. The molecule has 0 amide bonds. The number of nitrogens with one attached hydrogen (secondary N) is 1. The summed E-state index contributed by atoms with van der Waals surface area (Å²) in [5.74, 6) is 0. The standard InChI is InChI=1S/C12H24N2O3S/c1-3-4-7-12(15)10-14-8-5-6-11(9-14)13-18(2,16)17/h3,11-13,15H,1,4-10H2,2H3. The van der Waals surface area contributed by atoms with Gasteiger partial charge in [-0.2, -0.15) is 0 Å². The minimum atomic E-state index is -3.14. The SMILES string of the molecule is C=CCCC(O)CN1CCCC(NS(C)(=O)=O)C1. The third-order valence-corrected chi connectivity index (χ3v) is 3.82. The molecule has 0 aromatic heterocycles. The third kappa shape index (κ3) is 6.49. The highest BCUT2D eigenvalue weighted by molar-refractivity contribution is 7.88. The lowest BCUT2D eigenvalue weighted by Gasteiger charge is -2.33. The molecular formula is C12H24N2O3S. The number of sulfonamides is 1. The monoisotopic (exact) mass is 276 g/mol. The summed E-state index contributed by atoms with van der Waals surface area (Å²) in [4.78, 5) is 2.13. The Hall–Kier alpha value is -0.430. The number of hydrogen-bond donors (Lipinski definition) is 2. The first-order chi connectivity index (χ1) is 8.40. The molecule has 1 rings (SSSR count). The molecule has 1 aliphatic heterocycles. The van der Waals surface area contributed by atoms with E-state index in [1.165, 1.54) is 6.26 Å². The quantitative estimate of drug-likeness (QED) is 0.657. The summed E-state index contributed by atoms with van der Waals surface area (Å²) < 4.78 is 25.0. The van der Waals surface area contributed by atoms with Gasteiger partial charge < -0.3 is 5.11 Å². The van der Waals surface area contributed by atoms with Crippen LogP contribution in [0.3, 0.4) is 0 Å². The largest absolute Gasteiger partial charge is 0.392 e. The van der Waals surface area contributed by atoms with E-state index in [2.05, 4.69) is 16.2 Å². The Morgan fingerprint density at radius 1 is 1.61 bits per heavy atom. The van der Waals surface area contributed by atoms with Gasteiger partial charge in [-0.1, -0.05) is 6.08 Å². The second-order valence-electron chi connectivity index (χ2n) is 5.01. The minimum absolute atomic E-state index is 0.0274. The number of β-amino-alcohol motifs (C(OH)–C–C–N with tert-alkyl or cyclic N) is 1. The molecule has 1 heterocycles. The topological polar surface area (TPSA) is 69.6 Å². The Morgan fingerprint density at radius 2 is 2.33 bits per heavy atom. The van der Waals surface area contributed by atoms with E-state index in [0.717, 1.165) is 25.8 Å². The first kappa shape index (κ1) is 15.6. The Balaban J connectivity index is 2.36. The maximum absolute atomic E-state index is 11.2. The summed E-state index contributed by atoms with van der Waals surface area (Å²) in [5.41, 5.74) is 0. The van der Waals surface area contributed by atoms with Gasteiger partial charge in [0.25, 0.3) is 0 Å². The highest BCUT2D eigenvalue weighted by Gasteiger charge is 2.23. The zero-order valence-electron chi connectivity index (χ0n) is 11.0. The molecule has 106 valence electrons. The molecule has 6 heteroatoms. The van der Waals surface area contributed by atoms with Gasteiger partial charge in [0.1, 0.15) is 0 Å². The van der Waals surface area contributed by atoms with E-state index in [1.54, 1.807) is 6.08 Å². The Kier molecular flexibility index (Phi) is 6.28. The molecule has 0 saturated carbocycles. The van der Waals surface area contributed by atoms with Crippen LogP contribution in [0.15, 0.2) is 12.7 Å². The van der Waals surface area contributed by atoms with Gasteiger partial charge in [0.05, 0.1) is 12.4 Å². The van der Waals surface area contributed by atoms with Gasteiger partial charge in [-0.15, -0.1) is 6.58 Å². The van der Waals surface area contributed by atoms with Gasteiger partial charge in [-0.3, -0.25) is 4.90 Å². The number of aliphatic hydroxyl groups excluding tert-OH is 1. The number of aliphatic hydroxyl groups is 1. The molecule has 0 bridgehead atoms. The van der Waals surface area contributed by atoms with E-state index >= 15 is 0 Å². The lowest BCUT2D eigenvalue weighted by atomic mass is 10.1. The zero-order chi connectivity index (χ0) is 13.6. The van der Waals surface area contributed by atoms with Gasteiger partial charge >= 0.3 is 0 Å². The molecule has 0 radical (unpaired) electrons. The van der Waals surface area contributed by atoms with Crippen LogP contribution in [0.2, 0.25) is 0 Å². The number of piperidine rings is 1. The molecule has 5 nitrogen and oxygen atoms in total. The maximum Gasteiger partial charge on any atom is 0.208 e. The molecule has 2 unspecified atom stereocenters. The number of likely N-dealkylation sites (tertiary alicyclic amines) is 1. The van der Waals surface area contributed by atoms with Crippen LogP contribution in [0.25, 0.3) is 0 Å². The average molecular weight is 276 g/mol. The lowest BCUT2D eigenvalue weighted by molar-refractivity contribution is 0.0891. The van der Waals surface area contributed by atoms with Gasteiger partial charge in [0, 0.05) is 19.1 Å². The van der Waals surface area contributed by atoms with E-state index < -0.39 is 10.0 Å². The second-order valence-corrected chi connectivity index (χ2v) is 6.79. The minimum Gasteiger partial charge on any atom is -0.392 e. The Bertz CT molecular complexity index is 356. The summed E-state index contributed by atoms with van der Waals surface area (Å²) in [6, 6.07) is -0.0274. The predicted molar refractivity (Wildman–Crippen MR) is 72.9 cm³/mol. The van der Waals surface area contributed by atoms with Crippen molar-refractivity contribution in [3.8, 4) is 0 Å². The van der Waals surface area contributed by atoms with Crippen LogP contribution < -0.4 is 4.72 Å². The number of allylic oxidation sites excluding steroid dienone is 1. The van der Waals surface area contributed by atoms with E-state index in [0.29, 0.717) is 19.5 Å². The highest BCUT2D eigenvalue weighted by atomic mass is 32.2. The van der Waals surface area contributed by atoms with E-state index in [9.17, 15) is 13.5 Å². The second kappa shape index (κ2) is 7.23. The van der Waals surface area contributed by atoms with Crippen molar-refractivity contribution in [3.63, 3.8) is 0 Å². The zero-order valence-corrected chi connectivity index (χ0v) is 11.8. The number of hydrogen-bond acceptors (Lipinski definition) is 4. The molecule has 0 aromatic carbocycles. The molecule has 1 saturated heterocycles. The van der Waals surface area contributed by atoms with E-state index in [1.807, 2.05) is 0 Å². The first-order valence-corrected chi connectivity index (χ1v) is 8.28.